The molecule has 0 saturated heterocycles. The van der Waals surface area contributed by atoms with Crippen LogP contribution >= 0.6 is 0 Å². The first-order valence-corrected chi connectivity index (χ1v) is 6.67. The van der Waals surface area contributed by atoms with Crippen molar-refractivity contribution in [2.24, 2.45) is 7.05 Å². The van der Waals surface area contributed by atoms with Crippen molar-refractivity contribution in [3.05, 3.63) is 64.1 Å². The molecule has 0 aliphatic heterocycles. The standard InChI is InChI=1S/C16H18N2O2/c1-3-4-12-5-7-13(8-6-12)16(20)17-14-9-10-15(19)18(2)11-14/h5-11H,3-4H2,1-2H3,(H,17,20). The SMILES string of the molecule is CCCc1ccc(C(=O)Nc2ccc(=O)n(C)c2)cc1. The molecule has 104 valence electrons. The van der Waals surface area contributed by atoms with Gasteiger partial charge < -0.3 is 9.88 Å². The first-order valence-electron chi connectivity index (χ1n) is 6.67. The van der Waals surface area contributed by atoms with E-state index in [1.165, 1.54) is 16.2 Å². The highest BCUT2D eigenvalue weighted by atomic mass is 16.1. The molecule has 0 radical (unpaired) electrons. The highest BCUT2D eigenvalue weighted by molar-refractivity contribution is 6.04. The molecule has 1 heterocycles. The number of amides is 1. The van der Waals surface area contributed by atoms with Crippen molar-refractivity contribution in [3.8, 4) is 0 Å². The van der Waals surface area contributed by atoms with Crippen LogP contribution in [0.3, 0.4) is 0 Å². The number of rotatable bonds is 4. The number of pyridine rings is 1. The molecule has 0 atom stereocenters. The Morgan fingerprint density at radius 2 is 1.85 bits per heavy atom. The predicted molar refractivity (Wildman–Crippen MR) is 80.1 cm³/mol. The van der Waals surface area contributed by atoms with Gasteiger partial charge in [-0.15, -0.1) is 0 Å². The second-order valence-corrected chi connectivity index (χ2v) is 4.77. The second kappa shape index (κ2) is 6.19. The molecule has 1 aromatic carbocycles. The van der Waals surface area contributed by atoms with Crippen LogP contribution in [0, 0.1) is 0 Å². The van der Waals surface area contributed by atoms with Gasteiger partial charge in [0, 0.05) is 24.9 Å². The Kier molecular flexibility index (Phi) is 4.35. The van der Waals surface area contributed by atoms with E-state index in [2.05, 4.69) is 12.2 Å². The maximum absolute atomic E-state index is 12.1. The van der Waals surface area contributed by atoms with E-state index in [4.69, 9.17) is 0 Å². The molecule has 0 aliphatic carbocycles. The molecule has 1 aromatic heterocycles. The minimum Gasteiger partial charge on any atom is -0.321 e. The van der Waals surface area contributed by atoms with Crippen molar-refractivity contribution in [2.75, 3.05) is 5.32 Å². The highest BCUT2D eigenvalue weighted by Crippen LogP contribution is 2.10. The van der Waals surface area contributed by atoms with E-state index in [9.17, 15) is 9.59 Å². The fourth-order valence-corrected chi connectivity index (χ4v) is 1.98. The molecule has 0 saturated carbocycles. The number of anilines is 1. The van der Waals surface area contributed by atoms with Gasteiger partial charge in [-0.05, 0) is 30.2 Å². The quantitative estimate of drug-likeness (QED) is 0.928. The van der Waals surface area contributed by atoms with Gasteiger partial charge in [0.25, 0.3) is 5.91 Å². The maximum Gasteiger partial charge on any atom is 0.255 e. The van der Waals surface area contributed by atoms with Crippen LogP contribution < -0.4 is 10.9 Å². The lowest BCUT2D eigenvalue weighted by atomic mass is 10.1. The number of benzene rings is 1. The van der Waals surface area contributed by atoms with Gasteiger partial charge in [-0.1, -0.05) is 25.5 Å². The van der Waals surface area contributed by atoms with Crippen molar-refractivity contribution in [1.82, 2.24) is 4.57 Å². The predicted octanol–water partition coefficient (Wildman–Crippen LogP) is 2.59. The van der Waals surface area contributed by atoms with E-state index in [0.717, 1.165) is 12.8 Å². The number of nitrogens with one attached hydrogen (secondary N) is 1. The van der Waals surface area contributed by atoms with Crippen LogP contribution in [0.4, 0.5) is 5.69 Å². The summed E-state index contributed by atoms with van der Waals surface area (Å²) in [7, 11) is 1.65. The van der Waals surface area contributed by atoms with Gasteiger partial charge in [0.1, 0.15) is 0 Å². The minimum atomic E-state index is -0.174. The summed E-state index contributed by atoms with van der Waals surface area (Å²) in [5, 5.41) is 2.78. The Morgan fingerprint density at radius 3 is 2.45 bits per heavy atom. The third kappa shape index (κ3) is 3.35. The molecular weight excluding hydrogens is 252 g/mol. The van der Waals surface area contributed by atoms with Crippen molar-refractivity contribution in [1.29, 1.82) is 0 Å². The normalized spacial score (nSPS) is 10.3. The fourth-order valence-electron chi connectivity index (χ4n) is 1.98. The summed E-state index contributed by atoms with van der Waals surface area (Å²) < 4.78 is 1.43. The summed E-state index contributed by atoms with van der Waals surface area (Å²) in [6.07, 6.45) is 3.71. The van der Waals surface area contributed by atoms with E-state index in [1.807, 2.05) is 24.3 Å². The van der Waals surface area contributed by atoms with Gasteiger partial charge >= 0.3 is 0 Å². The van der Waals surface area contributed by atoms with Crippen molar-refractivity contribution >= 4 is 11.6 Å². The zero-order valence-corrected chi connectivity index (χ0v) is 11.7. The number of nitrogens with zero attached hydrogens (tertiary/aromatic N) is 1. The Balaban J connectivity index is 2.11. The average Bonchev–Trinajstić information content (AvgIpc) is 2.44. The van der Waals surface area contributed by atoms with Crippen LogP contribution in [0.2, 0.25) is 0 Å². The molecule has 0 unspecified atom stereocenters. The lowest BCUT2D eigenvalue weighted by molar-refractivity contribution is 0.102. The van der Waals surface area contributed by atoms with Crippen LogP contribution in [0.15, 0.2) is 47.4 Å². The van der Waals surface area contributed by atoms with E-state index in [-0.39, 0.29) is 11.5 Å². The molecule has 2 rings (SSSR count). The summed E-state index contributed by atoms with van der Waals surface area (Å²) in [6.45, 7) is 2.13. The highest BCUT2D eigenvalue weighted by Gasteiger charge is 2.06. The number of carbonyl (C=O) groups excluding carboxylic acids is 1. The van der Waals surface area contributed by atoms with E-state index < -0.39 is 0 Å². The van der Waals surface area contributed by atoms with Crippen LogP contribution in [0.25, 0.3) is 0 Å². The molecule has 0 fully saturated rings. The summed E-state index contributed by atoms with van der Waals surface area (Å²) in [5.74, 6) is -0.174. The molecule has 1 N–H and O–H groups in total. The molecule has 20 heavy (non-hydrogen) atoms. The number of aryl methyl sites for hydroxylation is 2. The second-order valence-electron chi connectivity index (χ2n) is 4.77. The monoisotopic (exact) mass is 270 g/mol. The topological polar surface area (TPSA) is 51.1 Å². The molecule has 4 nitrogen and oxygen atoms in total. The molecule has 0 bridgehead atoms. The average molecular weight is 270 g/mol. The summed E-state index contributed by atoms with van der Waals surface area (Å²) in [6, 6.07) is 10.6. The number of aromatic nitrogens is 1. The zero-order valence-electron chi connectivity index (χ0n) is 11.7. The zero-order chi connectivity index (χ0) is 14.5. The first kappa shape index (κ1) is 14.1. The largest absolute Gasteiger partial charge is 0.321 e. The van der Waals surface area contributed by atoms with E-state index >= 15 is 0 Å². The molecule has 0 spiro atoms. The van der Waals surface area contributed by atoms with Crippen molar-refractivity contribution < 1.29 is 4.79 Å². The molecular formula is C16H18N2O2. The Bertz CT molecular complexity index is 657. The first-order chi connectivity index (χ1) is 9.60. The van der Waals surface area contributed by atoms with E-state index in [0.29, 0.717) is 11.3 Å². The van der Waals surface area contributed by atoms with Gasteiger partial charge in [0.15, 0.2) is 0 Å². The van der Waals surface area contributed by atoms with Gasteiger partial charge in [-0.25, -0.2) is 0 Å². The molecule has 1 amide bonds. The lowest BCUT2D eigenvalue weighted by Crippen LogP contribution is -2.17. The molecule has 2 aromatic rings. The fraction of sp³-hybridized carbons (Fsp3) is 0.250. The van der Waals surface area contributed by atoms with Gasteiger partial charge in [0.05, 0.1) is 5.69 Å². The van der Waals surface area contributed by atoms with Gasteiger partial charge in [-0.3, -0.25) is 9.59 Å². The third-order valence-electron chi connectivity index (χ3n) is 3.10. The minimum absolute atomic E-state index is 0.105. The Labute approximate surface area is 118 Å². The van der Waals surface area contributed by atoms with Crippen molar-refractivity contribution in [3.63, 3.8) is 0 Å². The third-order valence-corrected chi connectivity index (χ3v) is 3.10. The number of carbonyl (C=O) groups is 1. The number of hydrogen-bond acceptors (Lipinski definition) is 2. The van der Waals surface area contributed by atoms with Crippen LogP contribution in [-0.4, -0.2) is 10.5 Å². The van der Waals surface area contributed by atoms with E-state index in [1.54, 1.807) is 19.3 Å². The Hall–Kier alpha value is -2.36. The van der Waals surface area contributed by atoms with Crippen LogP contribution in [0.5, 0.6) is 0 Å². The van der Waals surface area contributed by atoms with Gasteiger partial charge in [0.2, 0.25) is 5.56 Å². The van der Waals surface area contributed by atoms with Crippen LogP contribution in [0.1, 0.15) is 29.3 Å². The number of hydrogen-bond donors (Lipinski definition) is 1. The smallest absolute Gasteiger partial charge is 0.255 e. The Morgan fingerprint density at radius 1 is 1.15 bits per heavy atom. The van der Waals surface area contributed by atoms with Crippen molar-refractivity contribution in [2.45, 2.75) is 19.8 Å². The summed E-state index contributed by atoms with van der Waals surface area (Å²) in [4.78, 5) is 23.4. The molecule has 4 heteroatoms. The summed E-state index contributed by atoms with van der Waals surface area (Å²) >= 11 is 0. The maximum atomic E-state index is 12.1. The molecule has 0 aliphatic rings. The van der Waals surface area contributed by atoms with Gasteiger partial charge in [-0.2, -0.15) is 0 Å². The lowest BCUT2D eigenvalue weighted by Gasteiger charge is -2.07. The summed E-state index contributed by atoms with van der Waals surface area (Å²) in [5.41, 5.74) is 2.34. The van der Waals surface area contributed by atoms with Crippen LogP contribution in [-0.2, 0) is 13.5 Å².